The van der Waals surface area contributed by atoms with Crippen LogP contribution in [-0.4, -0.2) is 40.1 Å². The predicted molar refractivity (Wildman–Crippen MR) is 145 cm³/mol. The highest BCUT2D eigenvalue weighted by atomic mass is 19.1. The van der Waals surface area contributed by atoms with Crippen LogP contribution in [0.4, 0.5) is 10.3 Å². The van der Waals surface area contributed by atoms with Gasteiger partial charge in [-0.3, -0.25) is 0 Å². The fourth-order valence-corrected chi connectivity index (χ4v) is 5.99. The van der Waals surface area contributed by atoms with Crippen molar-refractivity contribution in [2.45, 2.75) is 51.1 Å². The summed E-state index contributed by atoms with van der Waals surface area (Å²) in [4.78, 5) is 7.57. The van der Waals surface area contributed by atoms with E-state index in [9.17, 15) is 4.39 Å². The average Bonchev–Trinajstić information content (AvgIpc) is 3.26. The highest BCUT2D eigenvalue weighted by Crippen LogP contribution is 2.28. The number of imidazole rings is 1. The molecule has 1 atom stereocenters. The number of aromatic nitrogens is 2. The van der Waals surface area contributed by atoms with E-state index in [0.717, 1.165) is 54.4 Å². The molecule has 1 saturated heterocycles. The molecule has 1 fully saturated rings. The van der Waals surface area contributed by atoms with Crippen molar-refractivity contribution < 1.29 is 4.39 Å². The molecule has 1 aromatic heterocycles. The molecular formula is C31H35FN4. The van der Waals surface area contributed by atoms with Crippen LogP contribution in [0.3, 0.4) is 0 Å². The summed E-state index contributed by atoms with van der Waals surface area (Å²) in [6.45, 7) is 4.16. The van der Waals surface area contributed by atoms with Crippen LogP contribution in [0.5, 0.6) is 0 Å². The lowest BCUT2D eigenvalue weighted by atomic mass is 9.82. The Kier molecular flexibility index (Phi) is 6.73. The van der Waals surface area contributed by atoms with Crippen molar-refractivity contribution in [3.8, 4) is 0 Å². The minimum Gasteiger partial charge on any atom is -0.353 e. The van der Waals surface area contributed by atoms with Gasteiger partial charge in [0.25, 0.3) is 0 Å². The Bertz CT molecular complexity index is 1300. The Hall–Kier alpha value is -3.18. The minimum absolute atomic E-state index is 0.201. The molecular weight excluding hydrogens is 447 g/mol. The molecule has 0 spiro atoms. The number of halogens is 1. The maximum Gasteiger partial charge on any atom is 0.204 e. The third-order valence-corrected chi connectivity index (χ3v) is 8.13. The van der Waals surface area contributed by atoms with Gasteiger partial charge in [0, 0.05) is 19.1 Å². The van der Waals surface area contributed by atoms with E-state index in [2.05, 4.69) is 57.2 Å². The number of para-hydroxylation sites is 2. The van der Waals surface area contributed by atoms with Gasteiger partial charge in [-0.25, -0.2) is 9.37 Å². The van der Waals surface area contributed by atoms with Gasteiger partial charge < -0.3 is 14.8 Å². The number of benzene rings is 3. The average molecular weight is 483 g/mol. The first-order valence-electron chi connectivity index (χ1n) is 13.5. The summed E-state index contributed by atoms with van der Waals surface area (Å²) >= 11 is 0. The molecule has 0 saturated carbocycles. The lowest BCUT2D eigenvalue weighted by Gasteiger charge is -2.34. The number of rotatable bonds is 7. The van der Waals surface area contributed by atoms with Gasteiger partial charge in [-0.15, -0.1) is 0 Å². The van der Waals surface area contributed by atoms with Crippen LogP contribution in [0.15, 0.2) is 72.8 Å². The lowest BCUT2D eigenvalue weighted by molar-refractivity contribution is 0.200. The van der Waals surface area contributed by atoms with Gasteiger partial charge in [-0.2, -0.15) is 0 Å². The maximum absolute atomic E-state index is 13.4. The van der Waals surface area contributed by atoms with E-state index >= 15 is 0 Å². The largest absolute Gasteiger partial charge is 0.353 e. The number of aryl methyl sites for hydroxylation is 1. The van der Waals surface area contributed by atoms with Crippen LogP contribution >= 0.6 is 0 Å². The fraction of sp³-hybridized carbons (Fsp3) is 0.387. The summed E-state index contributed by atoms with van der Waals surface area (Å²) in [5, 5.41) is 3.76. The highest BCUT2D eigenvalue weighted by Gasteiger charge is 2.23. The second-order valence-corrected chi connectivity index (χ2v) is 10.6. The number of hydrogen-bond donors (Lipinski definition) is 1. The Morgan fingerprint density at radius 3 is 2.44 bits per heavy atom. The predicted octanol–water partition coefficient (Wildman–Crippen LogP) is 6.30. The van der Waals surface area contributed by atoms with E-state index in [1.807, 2.05) is 18.2 Å². The van der Waals surface area contributed by atoms with Crippen LogP contribution in [0.2, 0.25) is 0 Å². The lowest BCUT2D eigenvalue weighted by Crippen LogP contribution is -2.40. The molecule has 0 amide bonds. The van der Waals surface area contributed by atoms with Gasteiger partial charge >= 0.3 is 0 Å². The van der Waals surface area contributed by atoms with Gasteiger partial charge in [-0.1, -0.05) is 48.5 Å². The second kappa shape index (κ2) is 10.4. The molecule has 1 unspecified atom stereocenters. The van der Waals surface area contributed by atoms with Crippen molar-refractivity contribution in [1.82, 2.24) is 14.5 Å². The first kappa shape index (κ1) is 23.2. The Morgan fingerprint density at radius 2 is 1.61 bits per heavy atom. The summed E-state index contributed by atoms with van der Waals surface area (Å²) < 4.78 is 15.7. The van der Waals surface area contributed by atoms with E-state index in [4.69, 9.17) is 4.98 Å². The normalized spacial score (nSPS) is 18.9. The van der Waals surface area contributed by atoms with Gasteiger partial charge in [0.15, 0.2) is 0 Å². The molecule has 2 aliphatic rings. The summed E-state index contributed by atoms with van der Waals surface area (Å²) in [6, 6.07) is 24.5. The Labute approximate surface area is 213 Å². The van der Waals surface area contributed by atoms with Gasteiger partial charge in [0.1, 0.15) is 5.82 Å². The zero-order valence-electron chi connectivity index (χ0n) is 20.9. The van der Waals surface area contributed by atoms with Crippen molar-refractivity contribution in [3.05, 3.63) is 95.3 Å². The van der Waals surface area contributed by atoms with Crippen LogP contribution in [-0.2, 0) is 19.4 Å². The molecule has 6 rings (SSSR count). The van der Waals surface area contributed by atoms with Crippen LogP contribution in [0.1, 0.15) is 42.4 Å². The van der Waals surface area contributed by atoms with Crippen LogP contribution < -0.4 is 5.32 Å². The van der Waals surface area contributed by atoms with E-state index in [-0.39, 0.29) is 5.82 Å². The van der Waals surface area contributed by atoms with Crippen LogP contribution in [0.25, 0.3) is 11.0 Å². The summed E-state index contributed by atoms with van der Waals surface area (Å²) in [5.74, 6) is 1.54. The highest BCUT2D eigenvalue weighted by molar-refractivity contribution is 5.78. The van der Waals surface area contributed by atoms with Crippen molar-refractivity contribution in [3.63, 3.8) is 0 Å². The zero-order chi connectivity index (χ0) is 24.3. The number of nitrogens with one attached hydrogen (secondary N) is 1. The third kappa shape index (κ3) is 5.17. The molecule has 4 aromatic rings. The third-order valence-electron chi connectivity index (χ3n) is 8.13. The molecule has 0 radical (unpaired) electrons. The molecule has 186 valence electrons. The quantitative estimate of drug-likeness (QED) is 0.336. The second-order valence-electron chi connectivity index (χ2n) is 10.6. The van der Waals surface area contributed by atoms with Gasteiger partial charge in [0.05, 0.1) is 17.6 Å². The van der Waals surface area contributed by atoms with E-state index in [0.29, 0.717) is 12.6 Å². The fourth-order valence-electron chi connectivity index (χ4n) is 5.99. The van der Waals surface area contributed by atoms with Crippen molar-refractivity contribution in [2.24, 2.45) is 5.92 Å². The first-order chi connectivity index (χ1) is 17.7. The molecule has 36 heavy (non-hydrogen) atoms. The number of fused-ring (bicyclic) bond motifs is 2. The number of anilines is 1. The number of piperidine rings is 1. The number of hydrogen-bond acceptors (Lipinski definition) is 3. The van der Waals surface area contributed by atoms with Gasteiger partial charge in [-0.05, 0) is 91.9 Å². The van der Waals surface area contributed by atoms with E-state index in [1.165, 1.54) is 44.4 Å². The molecule has 4 nitrogen and oxygen atoms in total. The Balaban J connectivity index is 1.06. The smallest absolute Gasteiger partial charge is 0.204 e. The van der Waals surface area contributed by atoms with Gasteiger partial charge in [0.2, 0.25) is 5.95 Å². The number of nitrogens with zero attached hydrogens (tertiary/aromatic N) is 3. The molecule has 1 aliphatic heterocycles. The first-order valence-corrected chi connectivity index (χ1v) is 13.5. The topological polar surface area (TPSA) is 33.1 Å². The molecule has 5 heteroatoms. The Morgan fingerprint density at radius 1 is 0.861 bits per heavy atom. The summed E-state index contributed by atoms with van der Waals surface area (Å²) in [5.41, 5.74) is 6.30. The molecule has 0 bridgehead atoms. The van der Waals surface area contributed by atoms with Crippen LogP contribution in [0, 0.1) is 11.7 Å². The summed E-state index contributed by atoms with van der Waals surface area (Å²) in [7, 11) is 0. The van der Waals surface area contributed by atoms with Crippen molar-refractivity contribution in [2.75, 3.05) is 25.0 Å². The molecule has 1 N–H and O–H groups in total. The van der Waals surface area contributed by atoms with Crippen molar-refractivity contribution >= 4 is 17.0 Å². The SMILES string of the molecule is Fc1ccc(Cn2c(NC3CCN(CCC4CCc5ccccc5C4)CC3)nc3ccccc32)cc1. The molecule has 2 heterocycles. The molecule has 3 aromatic carbocycles. The number of likely N-dealkylation sites (tertiary alicyclic amines) is 1. The van der Waals surface area contributed by atoms with E-state index < -0.39 is 0 Å². The standard InChI is InChI=1S/C31H35FN4/c32-27-13-10-24(11-14-27)22-36-30-8-4-3-7-29(30)34-31(36)33-28-16-19-35(20-17-28)18-15-23-9-12-25-5-1-2-6-26(25)21-23/h1-8,10-11,13-14,23,28H,9,12,15-22H2,(H,33,34). The maximum atomic E-state index is 13.4. The minimum atomic E-state index is -0.201. The zero-order valence-corrected chi connectivity index (χ0v) is 20.9. The van der Waals surface area contributed by atoms with Crippen molar-refractivity contribution in [1.29, 1.82) is 0 Å². The monoisotopic (exact) mass is 482 g/mol. The summed E-state index contributed by atoms with van der Waals surface area (Å²) in [6.07, 6.45) is 7.39. The van der Waals surface area contributed by atoms with E-state index in [1.54, 1.807) is 11.1 Å². The molecule has 1 aliphatic carbocycles.